The van der Waals surface area contributed by atoms with Crippen molar-refractivity contribution in [2.24, 2.45) is 0 Å². The highest BCUT2D eigenvalue weighted by molar-refractivity contribution is 5.27. The van der Waals surface area contributed by atoms with Gasteiger partial charge in [-0.2, -0.15) is 5.10 Å². The molecule has 0 unspecified atom stereocenters. The molecule has 1 aliphatic heterocycles. The number of benzene rings is 1. The molecule has 2 atom stereocenters. The van der Waals surface area contributed by atoms with Gasteiger partial charge in [0.15, 0.2) is 0 Å². The first-order chi connectivity index (χ1) is 15.3. The van der Waals surface area contributed by atoms with Gasteiger partial charge < -0.3 is 9.84 Å². The Kier molecular flexibility index (Phi) is 6.43. The molecule has 0 bridgehead atoms. The second-order valence-corrected chi connectivity index (χ2v) is 8.21. The lowest BCUT2D eigenvalue weighted by Gasteiger charge is -2.44. The van der Waals surface area contributed by atoms with E-state index in [-0.39, 0.29) is 18.2 Å². The number of nitrogens with zero attached hydrogens (tertiary/aromatic N) is 6. The topological polar surface area (TPSA) is 89.2 Å². The molecule has 1 aliphatic rings. The normalized spacial score (nSPS) is 18.3. The van der Waals surface area contributed by atoms with Gasteiger partial charge in [0, 0.05) is 43.2 Å². The van der Waals surface area contributed by atoms with E-state index in [0.29, 0.717) is 31.9 Å². The molecule has 0 spiro atoms. The monoisotopic (exact) mass is 444 g/mol. The molecule has 1 saturated heterocycles. The molecule has 3 heterocycles. The van der Waals surface area contributed by atoms with Crippen LogP contribution in [-0.2, 0) is 12.1 Å². The van der Waals surface area contributed by atoms with E-state index >= 15 is 0 Å². The quantitative estimate of drug-likeness (QED) is 0.599. The first-order valence-corrected chi connectivity index (χ1v) is 10.5. The van der Waals surface area contributed by atoms with Crippen LogP contribution in [0, 0.1) is 18.6 Å². The van der Waals surface area contributed by atoms with E-state index in [1.807, 2.05) is 13.8 Å². The highest BCUT2D eigenvalue weighted by Crippen LogP contribution is 2.34. The minimum Gasteiger partial charge on any atom is -0.460 e. The van der Waals surface area contributed by atoms with Crippen molar-refractivity contribution in [2.45, 2.75) is 51.0 Å². The lowest BCUT2D eigenvalue weighted by molar-refractivity contribution is -0.0750. The number of piperidine rings is 1. The van der Waals surface area contributed by atoms with Gasteiger partial charge in [-0.05, 0) is 38.3 Å². The van der Waals surface area contributed by atoms with Crippen molar-refractivity contribution in [2.75, 3.05) is 13.1 Å². The molecule has 0 radical (unpaired) electrons. The Balaban J connectivity index is 1.50. The number of likely N-dealkylation sites (tertiary alicyclic amines) is 1. The minimum absolute atomic E-state index is 0.0216. The van der Waals surface area contributed by atoms with Gasteiger partial charge in [0.25, 0.3) is 0 Å². The fraction of sp³-hybridized carbons (Fsp3) is 0.455. The molecule has 3 aromatic rings. The molecule has 0 saturated carbocycles. The number of aryl methyl sites for hydroxylation is 1. The maximum atomic E-state index is 14.7. The average molecular weight is 444 g/mol. The third-order valence-corrected chi connectivity index (χ3v) is 6.01. The van der Waals surface area contributed by atoms with Gasteiger partial charge >= 0.3 is 6.01 Å². The predicted octanol–water partition coefficient (Wildman–Crippen LogP) is 2.47. The lowest BCUT2D eigenvalue weighted by Crippen LogP contribution is -2.54. The van der Waals surface area contributed by atoms with Crippen LogP contribution in [0.25, 0.3) is 0 Å². The van der Waals surface area contributed by atoms with Crippen molar-refractivity contribution in [3.05, 3.63) is 66.0 Å². The summed E-state index contributed by atoms with van der Waals surface area (Å²) >= 11 is 0. The van der Waals surface area contributed by atoms with Crippen molar-refractivity contribution >= 4 is 0 Å². The Morgan fingerprint density at radius 3 is 2.56 bits per heavy atom. The maximum Gasteiger partial charge on any atom is 0.316 e. The largest absolute Gasteiger partial charge is 0.460 e. The molecule has 8 nitrogen and oxygen atoms in total. The second kappa shape index (κ2) is 9.25. The van der Waals surface area contributed by atoms with Crippen molar-refractivity contribution < 1.29 is 18.6 Å². The zero-order valence-corrected chi connectivity index (χ0v) is 18.0. The van der Waals surface area contributed by atoms with Crippen molar-refractivity contribution in [1.82, 2.24) is 29.6 Å². The molecule has 0 aliphatic carbocycles. The Bertz CT molecular complexity index is 1030. The van der Waals surface area contributed by atoms with Crippen LogP contribution in [0.5, 0.6) is 6.01 Å². The molecule has 32 heavy (non-hydrogen) atoms. The third-order valence-electron chi connectivity index (χ3n) is 6.01. The van der Waals surface area contributed by atoms with Gasteiger partial charge in [-0.3, -0.25) is 4.90 Å². The summed E-state index contributed by atoms with van der Waals surface area (Å²) in [5, 5.41) is 15.8. The molecule has 4 rings (SSSR count). The van der Waals surface area contributed by atoms with E-state index in [1.165, 1.54) is 23.4 Å². The van der Waals surface area contributed by atoms with Crippen molar-refractivity contribution in [1.29, 1.82) is 0 Å². The summed E-state index contributed by atoms with van der Waals surface area (Å²) in [6.07, 6.45) is 7.58. The van der Waals surface area contributed by atoms with Gasteiger partial charge in [-0.1, -0.05) is 6.07 Å². The summed E-state index contributed by atoms with van der Waals surface area (Å²) in [5.41, 5.74) is -0.673. The SMILES string of the molecule is Cc1cnc(OC2CCN([C@H](C)[C@](O)(Cn3cncn3)c3ccc(F)cc3F)CC2)nc1. The number of ether oxygens (including phenoxy) is 1. The summed E-state index contributed by atoms with van der Waals surface area (Å²) in [5.74, 6) is -1.49. The van der Waals surface area contributed by atoms with Gasteiger partial charge in [0.05, 0.1) is 6.54 Å². The average Bonchev–Trinajstić information content (AvgIpc) is 3.28. The van der Waals surface area contributed by atoms with Crippen LogP contribution in [0.2, 0.25) is 0 Å². The first-order valence-electron chi connectivity index (χ1n) is 10.5. The van der Waals surface area contributed by atoms with Gasteiger partial charge in [-0.25, -0.2) is 28.4 Å². The van der Waals surface area contributed by atoms with Crippen molar-refractivity contribution in [3.8, 4) is 6.01 Å². The van der Waals surface area contributed by atoms with Crippen LogP contribution in [0.3, 0.4) is 0 Å². The van der Waals surface area contributed by atoms with Crippen LogP contribution in [-0.4, -0.2) is 60.0 Å². The molecular weight excluding hydrogens is 418 g/mol. The molecular formula is C22H26F2N6O2. The minimum atomic E-state index is -1.65. The molecule has 2 aromatic heterocycles. The van der Waals surface area contributed by atoms with E-state index < -0.39 is 23.3 Å². The Morgan fingerprint density at radius 1 is 1.22 bits per heavy atom. The van der Waals surface area contributed by atoms with Gasteiger partial charge in [0.1, 0.15) is 36.0 Å². The molecule has 10 heteroatoms. The summed E-state index contributed by atoms with van der Waals surface area (Å²) in [6, 6.07) is 3.10. The molecule has 1 aromatic carbocycles. The van der Waals surface area contributed by atoms with Crippen LogP contribution in [0.15, 0.2) is 43.2 Å². The van der Waals surface area contributed by atoms with E-state index in [2.05, 4.69) is 25.0 Å². The van der Waals surface area contributed by atoms with Gasteiger partial charge in [-0.15, -0.1) is 0 Å². The van der Waals surface area contributed by atoms with Crippen LogP contribution >= 0.6 is 0 Å². The number of rotatable bonds is 7. The molecule has 1 fully saturated rings. The number of hydrogen-bond acceptors (Lipinski definition) is 7. The molecule has 170 valence electrons. The molecule has 1 N–H and O–H groups in total. The van der Waals surface area contributed by atoms with Crippen LogP contribution < -0.4 is 4.74 Å². The third kappa shape index (κ3) is 4.76. The standard InChI is InChI=1S/C22H26F2N6O2/c1-15-10-26-21(27-11-15)32-18-5-7-29(8-6-18)16(2)22(31,12-30-14-25-13-28-30)19-4-3-17(23)9-20(19)24/h3-4,9-11,13-14,16,18,31H,5-8,12H2,1-2H3/t16-,22-/m1/s1. The number of halogens is 2. The second-order valence-electron chi connectivity index (χ2n) is 8.21. The van der Waals surface area contributed by atoms with Crippen molar-refractivity contribution in [3.63, 3.8) is 0 Å². The number of hydrogen-bond donors (Lipinski definition) is 1. The number of aliphatic hydroxyl groups is 1. The highest BCUT2D eigenvalue weighted by atomic mass is 19.1. The van der Waals surface area contributed by atoms with E-state index in [1.54, 1.807) is 12.4 Å². The fourth-order valence-electron chi connectivity index (χ4n) is 4.12. The Hall–Kier alpha value is -2.98. The zero-order valence-electron chi connectivity index (χ0n) is 18.0. The number of aromatic nitrogens is 5. The van der Waals surface area contributed by atoms with Crippen LogP contribution in [0.1, 0.15) is 30.9 Å². The Morgan fingerprint density at radius 2 is 1.94 bits per heavy atom. The van der Waals surface area contributed by atoms with Crippen LogP contribution in [0.4, 0.5) is 8.78 Å². The zero-order chi connectivity index (χ0) is 22.7. The predicted molar refractivity (Wildman–Crippen MR) is 112 cm³/mol. The maximum absolute atomic E-state index is 14.7. The highest BCUT2D eigenvalue weighted by Gasteiger charge is 2.43. The fourth-order valence-corrected chi connectivity index (χ4v) is 4.12. The summed E-state index contributed by atoms with van der Waals surface area (Å²) in [6.45, 7) is 4.97. The Labute approximate surface area is 184 Å². The first kappa shape index (κ1) is 22.2. The van der Waals surface area contributed by atoms with E-state index in [0.717, 1.165) is 17.7 Å². The molecule has 0 amide bonds. The summed E-state index contributed by atoms with van der Waals surface area (Å²) < 4.78 is 35.6. The smallest absolute Gasteiger partial charge is 0.316 e. The summed E-state index contributed by atoms with van der Waals surface area (Å²) in [7, 11) is 0. The van der Waals surface area contributed by atoms with E-state index in [9.17, 15) is 13.9 Å². The van der Waals surface area contributed by atoms with Gasteiger partial charge in [0.2, 0.25) is 0 Å². The lowest BCUT2D eigenvalue weighted by atomic mass is 9.84. The van der Waals surface area contributed by atoms with E-state index in [4.69, 9.17) is 4.74 Å². The summed E-state index contributed by atoms with van der Waals surface area (Å²) in [4.78, 5) is 14.4.